The summed E-state index contributed by atoms with van der Waals surface area (Å²) in [6.45, 7) is 7.36. The van der Waals surface area contributed by atoms with E-state index in [4.69, 9.17) is 10.5 Å². The van der Waals surface area contributed by atoms with Crippen LogP contribution in [0.3, 0.4) is 0 Å². The minimum absolute atomic E-state index is 0.0777. The highest BCUT2D eigenvalue weighted by Gasteiger charge is 2.13. The Balaban J connectivity index is 2.71. The Morgan fingerprint density at radius 2 is 1.75 bits per heavy atom. The number of nitrogens with two attached hydrogens (primary N) is 1. The van der Waals surface area contributed by atoms with Crippen molar-refractivity contribution >= 4 is 0 Å². The Labute approximate surface area is 98.8 Å². The average molecular weight is 221 g/mol. The second-order valence-corrected chi connectivity index (χ2v) is 5.26. The number of benzene rings is 1. The van der Waals surface area contributed by atoms with E-state index in [0.717, 1.165) is 6.42 Å². The first-order chi connectivity index (χ1) is 7.45. The van der Waals surface area contributed by atoms with Gasteiger partial charge in [0.15, 0.2) is 0 Å². The largest absolute Gasteiger partial charge is 0.385 e. The van der Waals surface area contributed by atoms with Crippen molar-refractivity contribution in [2.24, 2.45) is 5.73 Å². The van der Waals surface area contributed by atoms with Crippen LogP contribution in [-0.4, -0.2) is 13.7 Å². The van der Waals surface area contributed by atoms with Gasteiger partial charge >= 0.3 is 0 Å². The predicted octanol–water partition coefficient (Wildman–Crippen LogP) is 3.02. The van der Waals surface area contributed by atoms with Crippen LogP contribution in [0.4, 0.5) is 0 Å². The molecule has 2 heteroatoms. The first-order valence-corrected chi connectivity index (χ1v) is 5.80. The van der Waals surface area contributed by atoms with Crippen molar-refractivity contribution in [3.05, 3.63) is 35.4 Å². The van der Waals surface area contributed by atoms with E-state index in [-0.39, 0.29) is 11.5 Å². The van der Waals surface area contributed by atoms with Gasteiger partial charge in [0, 0.05) is 19.8 Å². The van der Waals surface area contributed by atoms with Crippen molar-refractivity contribution in [1.82, 2.24) is 0 Å². The molecule has 0 aliphatic carbocycles. The van der Waals surface area contributed by atoms with Gasteiger partial charge in [-0.3, -0.25) is 0 Å². The Bertz CT molecular complexity index is 311. The lowest BCUT2D eigenvalue weighted by Gasteiger charge is -2.20. The molecule has 0 aromatic heterocycles. The van der Waals surface area contributed by atoms with Gasteiger partial charge in [-0.25, -0.2) is 0 Å². The first-order valence-electron chi connectivity index (χ1n) is 5.80. The quantitative estimate of drug-likeness (QED) is 0.848. The van der Waals surface area contributed by atoms with Gasteiger partial charge in [0.2, 0.25) is 0 Å². The van der Waals surface area contributed by atoms with E-state index in [1.165, 1.54) is 11.1 Å². The Morgan fingerprint density at radius 3 is 2.19 bits per heavy atom. The van der Waals surface area contributed by atoms with Gasteiger partial charge in [0.05, 0.1) is 0 Å². The van der Waals surface area contributed by atoms with Crippen LogP contribution in [0.1, 0.15) is 44.4 Å². The lowest BCUT2D eigenvalue weighted by atomic mass is 9.86. The summed E-state index contributed by atoms with van der Waals surface area (Å²) in [7, 11) is 1.70. The molecule has 2 nitrogen and oxygen atoms in total. The maximum absolute atomic E-state index is 6.06. The van der Waals surface area contributed by atoms with Crippen molar-refractivity contribution in [3.63, 3.8) is 0 Å². The van der Waals surface area contributed by atoms with Gasteiger partial charge in [-0.05, 0) is 23.0 Å². The molecule has 2 N–H and O–H groups in total. The zero-order valence-electron chi connectivity index (χ0n) is 10.8. The molecule has 1 rings (SSSR count). The molecule has 1 atom stereocenters. The van der Waals surface area contributed by atoms with E-state index in [2.05, 4.69) is 45.0 Å². The van der Waals surface area contributed by atoms with Crippen LogP contribution < -0.4 is 5.73 Å². The summed E-state index contributed by atoms with van der Waals surface area (Å²) in [6.07, 6.45) is 0.866. The second-order valence-electron chi connectivity index (χ2n) is 5.26. The summed E-state index contributed by atoms with van der Waals surface area (Å²) >= 11 is 0. The third-order valence-corrected chi connectivity index (χ3v) is 2.84. The maximum atomic E-state index is 6.06. The fraction of sp³-hybridized carbons (Fsp3) is 0.571. The molecule has 1 aromatic carbocycles. The van der Waals surface area contributed by atoms with Crippen LogP contribution in [-0.2, 0) is 10.2 Å². The summed E-state index contributed by atoms with van der Waals surface area (Å²) in [5, 5.41) is 0. The zero-order valence-corrected chi connectivity index (χ0v) is 10.8. The van der Waals surface area contributed by atoms with E-state index in [9.17, 15) is 0 Å². The lowest BCUT2D eigenvalue weighted by Crippen LogP contribution is -2.14. The second kappa shape index (κ2) is 5.46. The normalized spacial score (nSPS) is 13.8. The number of hydrogen-bond acceptors (Lipinski definition) is 2. The third kappa shape index (κ3) is 3.62. The monoisotopic (exact) mass is 221 g/mol. The number of hydrogen-bond donors (Lipinski definition) is 1. The minimum Gasteiger partial charge on any atom is -0.385 e. The van der Waals surface area contributed by atoms with Gasteiger partial charge in [-0.2, -0.15) is 0 Å². The van der Waals surface area contributed by atoms with E-state index < -0.39 is 0 Å². The highest BCUT2D eigenvalue weighted by atomic mass is 16.5. The van der Waals surface area contributed by atoms with Crippen molar-refractivity contribution in [1.29, 1.82) is 0 Å². The third-order valence-electron chi connectivity index (χ3n) is 2.84. The van der Waals surface area contributed by atoms with Crippen LogP contribution in [0.2, 0.25) is 0 Å². The standard InChI is InChI=1S/C14H23NO/c1-14(2,3)12-7-5-11(6-8-12)13(15)9-10-16-4/h5-8,13H,9-10,15H2,1-4H3. The average Bonchev–Trinajstić information content (AvgIpc) is 2.25. The summed E-state index contributed by atoms with van der Waals surface area (Å²) in [5.74, 6) is 0. The highest BCUT2D eigenvalue weighted by molar-refractivity contribution is 5.29. The molecule has 0 fully saturated rings. The van der Waals surface area contributed by atoms with E-state index in [0.29, 0.717) is 6.61 Å². The SMILES string of the molecule is COCCC(N)c1ccc(C(C)(C)C)cc1. The van der Waals surface area contributed by atoms with Gasteiger partial charge in [0.25, 0.3) is 0 Å². The lowest BCUT2D eigenvalue weighted by molar-refractivity contribution is 0.188. The molecule has 0 aliphatic heterocycles. The molecule has 0 radical (unpaired) electrons. The predicted molar refractivity (Wildman–Crippen MR) is 68.6 cm³/mol. The van der Waals surface area contributed by atoms with Crippen LogP contribution in [0.15, 0.2) is 24.3 Å². The molecule has 0 heterocycles. The summed E-state index contributed by atoms with van der Waals surface area (Å²) in [6, 6.07) is 8.67. The molecule has 1 unspecified atom stereocenters. The number of rotatable bonds is 4. The first kappa shape index (κ1) is 13.2. The fourth-order valence-corrected chi connectivity index (χ4v) is 1.64. The number of methoxy groups -OCH3 is 1. The molecule has 0 aliphatic rings. The van der Waals surface area contributed by atoms with Crippen LogP contribution in [0.25, 0.3) is 0 Å². The van der Waals surface area contributed by atoms with Gasteiger partial charge in [-0.1, -0.05) is 45.0 Å². The summed E-state index contributed by atoms with van der Waals surface area (Å²) < 4.78 is 5.03. The topological polar surface area (TPSA) is 35.2 Å². The van der Waals surface area contributed by atoms with Crippen molar-refractivity contribution < 1.29 is 4.74 Å². The number of ether oxygens (including phenoxy) is 1. The molecule has 0 spiro atoms. The summed E-state index contributed by atoms with van der Waals surface area (Å²) in [5.41, 5.74) is 8.79. The van der Waals surface area contributed by atoms with Crippen LogP contribution >= 0.6 is 0 Å². The highest BCUT2D eigenvalue weighted by Crippen LogP contribution is 2.24. The van der Waals surface area contributed by atoms with Gasteiger partial charge in [-0.15, -0.1) is 0 Å². The van der Waals surface area contributed by atoms with Crippen molar-refractivity contribution in [2.75, 3.05) is 13.7 Å². The Hall–Kier alpha value is -0.860. The van der Waals surface area contributed by atoms with Crippen molar-refractivity contribution in [2.45, 2.75) is 38.6 Å². The van der Waals surface area contributed by atoms with E-state index in [1.807, 2.05) is 0 Å². The zero-order chi connectivity index (χ0) is 12.2. The van der Waals surface area contributed by atoms with Gasteiger partial charge in [0.1, 0.15) is 0 Å². The molecule has 0 saturated heterocycles. The van der Waals surface area contributed by atoms with Crippen LogP contribution in [0, 0.1) is 0 Å². The van der Waals surface area contributed by atoms with Gasteiger partial charge < -0.3 is 10.5 Å². The Morgan fingerprint density at radius 1 is 1.19 bits per heavy atom. The minimum atomic E-state index is 0.0777. The maximum Gasteiger partial charge on any atom is 0.0480 e. The summed E-state index contributed by atoms with van der Waals surface area (Å²) in [4.78, 5) is 0. The molecule has 1 aromatic rings. The molecular weight excluding hydrogens is 198 g/mol. The smallest absolute Gasteiger partial charge is 0.0480 e. The van der Waals surface area contributed by atoms with Crippen molar-refractivity contribution in [3.8, 4) is 0 Å². The van der Waals surface area contributed by atoms with E-state index >= 15 is 0 Å². The fourth-order valence-electron chi connectivity index (χ4n) is 1.64. The molecule has 90 valence electrons. The Kier molecular flexibility index (Phi) is 4.51. The molecule has 0 bridgehead atoms. The molecule has 16 heavy (non-hydrogen) atoms. The molecule has 0 saturated carbocycles. The van der Waals surface area contributed by atoms with E-state index in [1.54, 1.807) is 7.11 Å². The van der Waals surface area contributed by atoms with Crippen LogP contribution in [0.5, 0.6) is 0 Å². The molecule has 0 amide bonds. The molecular formula is C14H23NO.